The fourth-order valence-corrected chi connectivity index (χ4v) is 13.9. The lowest BCUT2D eigenvalue weighted by Gasteiger charge is -2.44. The van der Waals surface area contributed by atoms with Crippen LogP contribution in [0.4, 0.5) is 13.2 Å². The van der Waals surface area contributed by atoms with E-state index in [1.165, 1.54) is 91.7 Å². The smallest absolute Gasteiger partial charge is 0.347 e. The second-order valence-corrected chi connectivity index (χ2v) is 28.4. The van der Waals surface area contributed by atoms with Gasteiger partial charge in [-0.2, -0.15) is 13.2 Å². The minimum Gasteiger partial charge on any atom is -0.347 e. The summed E-state index contributed by atoms with van der Waals surface area (Å²) in [6.07, 6.45) is -3.04. The van der Waals surface area contributed by atoms with Crippen LogP contribution < -0.4 is 21.3 Å². The van der Waals surface area contributed by atoms with E-state index in [-0.39, 0.29) is 75.9 Å². The van der Waals surface area contributed by atoms with Crippen LogP contribution in [-0.4, -0.2) is 239 Å². The normalized spacial score (nSPS) is 26.1. The average Bonchev–Trinajstić information content (AvgIpc) is 1.36. The van der Waals surface area contributed by atoms with Gasteiger partial charge >= 0.3 is 6.18 Å². The molecule has 11 atom stereocenters. The van der Waals surface area contributed by atoms with Gasteiger partial charge in [-0.15, -0.1) is 0 Å². The molecule has 6 rings (SSSR count). The number of carbonyl (C=O) groups excluding carboxylic acids is 12. The summed E-state index contributed by atoms with van der Waals surface area (Å²) in [5, 5.41) is 10.7. The second-order valence-electron chi connectivity index (χ2n) is 28.0. The first-order chi connectivity index (χ1) is 45.9. The van der Waals surface area contributed by atoms with Crippen LogP contribution in [0.2, 0.25) is 5.02 Å². The molecular formula is C70H102ClF3N12O12. The van der Waals surface area contributed by atoms with Crippen molar-refractivity contribution in [2.24, 2.45) is 17.8 Å². The second kappa shape index (κ2) is 33.8. The van der Waals surface area contributed by atoms with Gasteiger partial charge < -0.3 is 60.5 Å². The fraction of sp³-hybridized carbons (Fsp3) is 0.657. The highest BCUT2D eigenvalue weighted by Crippen LogP contribution is 2.37. The third-order valence-corrected chi connectivity index (χ3v) is 20.5. The Kier molecular flexibility index (Phi) is 27.3. The number of hydrogen-bond acceptors (Lipinski definition) is 12. The largest absolute Gasteiger partial charge is 0.417 e. The zero-order chi connectivity index (χ0) is 73.2. The maximum absolute atomic E-state index is 15.4. The zero-order valence-corrected chi connectivity index (χ0v) is 60.2. The summed E-state index contributed by atoms with van der Waals surface area (Å²) >= 11 is 6.14. The van der Waals surface area contributed by atoms with Crippen molar-refractivity contribution in [1.82, 2.24) is 60.5 Å². The summed E-state index contributed by atoms with van der Waals surface area (Å²) < 4.78 is 41.5. The zero-order valence-electron chi connectivity index (χ0n) is 59.5. The third-order valence-electron chi connectivity index (χ3n) is 20.2. The van der Waals surface area contributed by atoms with Gasteiger partial charge in [0.25, 0.3) is 0 Å². The molecule has 3 aliphatic heterocycles. The Morgan fingerprint density at radius 1 is 0.673 bits per heavy atom. The highest BCUT2D eigenvalue weighted by molar-refractivity contribution is 6.31. The summed E-state index contributed by atoms with van der Waals surface area (Å²) in [6, 6.07) is -1.13. The molecule has 542 valence electrons. The summed E-state index contributed by atoms with van der Waals surface area (Å²) in [6.45, 7) is 13.6. The molecule has 98 heavy (non-hydrogen) atoms. The summed E-state index contributed by atoms with van der Waals surface area (Å²) in [7, 11) is 9.84. The van der Waals surface area contributed by atoms with Crippen molar-refractivity contribution in [3.63, 3.8) is 0 Å². The van der Waals surface area contributed by atoms with Crippen molar-refractivity contribution < 1.29 is 70.7 Å². The van der Waals surface area contributed by atoms with Gasteiger partial charge in [0.1, 0.15) is 59.9 Å². The van der Waals surface area contributed by atoms with Crippen LogP contribution in [0.15, 0.2) is 42.5 Å². The Morgan fingerprint density at radius 2 is 1.29 bits per heavy atom. The molecule has 2 aromatic carbocycles. The maximum atomic E-state index is 15.4. The molecule has 28 heteroatoms. The molecular weight excluding hydrogens is 1290 g/mol. The Balaban J connectivity index is 1.44. The minimum atomic E-state index is -4.77. The lowest BCUT2D eigenvalue weighted by atomic mass is 9.90. The van der Waals surface area contributed by atoms with Crippen molar-refractivity contribution in [1.29, 1.82) is 0 Å². The van der Waals surface area contributed by atoms with E-state index in [9.17, 15) is 56.3 Å². The molecule has 3 heterocycles. The minimum absolute atomic E-state index is 0.0135. The lowest BCUT2D eigenvalue weighted by molar-refractivity contribution is -0.157. The fourth-order valence-electron chi connectivity index (χ4n) is 13.6. The number of nitrogens with zero attached hydrogens (tertiary/aromatic N) is 8. The summed E-state index contributed by atoms with van der Waals surface area (Å²) in [4.78, 5) is 187. The number of halogens is 4. The summed E-state index contributed by atoms with van der Waals surface area (Å²) in [5.41, 5.74) is -0.843. The van der Waals surface area contributed by atoms with Gasteiger partial charge in [0.2, 0.25) is 70.9 Å². The Hall–Kier alpha value is -7.84. The van der Waals surface area contributed by atoms with Gasteiger partial charge in [0.05, 0.1) is 23.6 Å². The van der Waals surface area contributed by atoms with Gasteiger partial charge in [0, 0.05) is 68.8 Å². The Labute approximate surface area is 579 Å². The van der Waals surface area contributed by atoms with Crippen LogP contribution in [0.25, 0.3) is 0 Å². The Bertz CT molecular complexity index is 3280. The first-order valence-electron chi connectivity index (χ1n) is 34.2. The highest BCUT2D eigenvalue weighted by Gasteiger charge is 2.51. The number of rotatable bonds is 12. The van der Waals surface area contributed by atoms with Gasteiger partial charge in [-0.25, -0.2) is 0 Å². The predicted molar refractivity (Wildman–Crippen MR) is 361 cm³/mol. The molecule has 2 aromatic rings. The van der Waals surface area contributed by atoms with Crippen LogP contribution in [0, 0.1) is 24.7 Å². The van der Waals surface area contributed by atoms with E-state index in [4.69, 9.17) is 11.6 Å². The van der Waals surface area contributed by atoms with Crippen LogP contribution in [-0.2, 0) is 76.6 Å². The molecule has 0 bridgehead atoms. The van der Waals surface area contributed by atoms with E-state index in [1.807, 2.05) is 46.8 Å². The number of aryl methyl sites for hydroxylation is 2. The Morgan fingerprint density at radius 3 is 1.85 bits per heavy atom. The lowest BCUT2D eigenvalue weighted by Crippen LogP contribution is -2.65. The van der Waals surface area contributed by atoms with Crippen molar-refractivity contribution >= 4 is 82.5 Å². The molecule has 3 saturated heterocycles. The number of amides is 12. The third kappa shape index (κ3) is 18.7. The molecule has 24 nitrogen and oxygen atoms in total. The molecule has 1 saturated carbocycles. The van der Waals surface area contributed by atoms with E-state index >= 15 is 14.4 Å². The molecule has 0 aromatic heterocycles. The van der Waals surface area contributed by atoms with Gasteiger partial charge in [0.15, 0.2) is 0 Å². The highest BCUT2D eigenvalue weighted by atomic mass is 35.5. The standard InChI is InChI=1S/C70H102ClF3N12O12/c1-16-42(6)57-61(91)75-44(8)62(92)86-34-30-51(86)66(96)82(13)53(37-46-24-22-41(5)23-25-46)65(95)80(11)39-55(87)76-49(29-27-45-26-28-47(48(71)36-45)70(72,73)74)63(93)85-33-20-21-50(85)60(90)78-69(31-18-19-32-69)68(98)84(15)58(43(7)17-2)67(97)83(14)54(64(94)79(9)10)38-56(88)81(12)52(35-40(3)4)59(89)77-57/h22-26,28,36,40,42-44,49-54,57-58H,16-21,27,29-35,37-39H2,1-15H3,(H,75,91)(H,76,87)(H,77,89)(H,78,90)/t42-,43-,44-,49-,50-,51-,52-,53-,54-,57-,58-/m0/s1. The molecule has 4 aliphatic rings. The quantitative estimate of drug-likeness (QED) is 0.225. The SMILES string of the molecule is CC[C@H](C)[C@@H]1NC(=O)[C@H](CC(C)C)N(C)C(=O)C[C@@H](C(=O)N(C)C)N(C)C(=O)[C@H]([C@@H](C)CC)N(C)C(=O)C2(CCCC2)NC(=O)[C@@H]2CCCN2C(=O)[C@H](CCc2ccc(C(F)(F)F)c(Cl)c2)NC(=O)CN(C)C(=O)[C@H](Cc2ccc(C)cc2)N(C)C(=O)[C@@H]2CCN2C(=O)[C@H](C)NC1=O. The van der Waals surface area contributed by atoms with Crippen LogP contribution in [0.5, 0.6) is 0 Å². The monoisotopic (exact) mass is 1390 g/mol. The molecule has 1 spiro atoms. The number of fused-ring (bicyclic) bond motifs is 2. The molecule has 0 unspecified atom stereocenters. The number of nitrogens with one attached hydrogen (secondary N) is 4. The van der Waals surface area contributed by atoms with Gasteiger partial charge in [-0.3, -0.25) is 57.5 Å². The molecule has 4 N–H and O–H groups in total. The van der Waals surface area contributed by atoms with E-state index in [0.717, 1.165) is 27.5 Å². The van der Waals surface area contributed by atoms with Crippen LogP contribution in [0.1, 0.15) is 148 Å². The maximum Gasteiger partial charge on any atom is 0.417 e. The van der Waals surface area contributed by atoms with Crippen molar-refractivity contribution in [2.75, 3.05) is 69.0 Å². The van der Waals surface area contributed by atoms with Crippen molar-refractivity contribution in [2.45, 2.75) is 211 Å². The van der Waals surface area contributed by atoms with Crippen LogP contribution in [0.3, 0.4) is 0 Å². The van der Waals surface area contributed by atoms with Crippen molar-refractivity contribution in [3.8, 4) is 0 Å². The first kappa shape index (κ1) is 79.1. The van der Waals surface area contributed by atoms with Crippen molar-refractivity contribution in [3.05, 3.63) is 69.7 Å². The molecule has 12 amide bonds. The van der Waals surface area contributed by atoms with E-state index in [1.54, 1.807) is 26.0 Å². The van der Waals surface area contributed by atoms with Crippen LogP contribution >= 0.6 is 11.6 Å². The number of benzene rings is 2. The number of alkyl halides is 3. The molecule has 1 aliphatic carbocycles. The molecule has 0 radical (unpaired) electrons. The van der Waals surface area contributed by atoms with E-state index in [0.29, 0.717) is 37.7 Å². The number of carbonyl (C=O) groups is 12. The molecule has 4 fully saturated rings. The number of hydrogen-bond donors (Lipinski definition) is 4. The predicted octanol–water partition coefficient (Wildman–Crippen LogP) is 4.73. The first-order valence-corrected chi connectivity index (χ1v) is 34.5. The summed E-state index contributed by atoms with van der Waals surface area (Å²) in [5.74, 6) is -9.64. The van der Waals surface area contributed by atoms with Gasteiger partial charge in [-0.05, 0) is 106 Å². The average molecular weight is 1400 g/mol. The van der Waals surface area contributed by atoms with E-state index < -0.39 is 172 Å². The topological polar surface area (TPSA) is 279 Å². The van der Waals surface area contributed by atoms with Gasteiger partial charge in [-0.1, -0.05) is 115 Å². The number of likely N-dealkylation sites (N-methyl/N-ethyl adjacent to an activating group) is 6. The van der Waals surface area contributed by atoms with E-state index in [2.05, 4.69) is 21.3 Å².